The number of aromatic amines is 2. The number of rotatable bonds is 9. The summed E-state index contributed by atoms with van der Waals surface area (Å²) in [6, 6.07) is 27.1. The predicted molar refractivity (Wildman–Crippen MR) is 230 cm³/mol. The summed E-state index contributed by atoms with van der Waals surface area (Å²) in [5.74, 6) is 1.01. The van der Waals surface area contributed by atoms with Crippen LogP contribution in [0, 0.1) is 5.92 Å². The lowest BCUT2D eigenvalue weighted by atomic mass is 9.99. The van der Waals surface area contributed by atoms with E-state index in [0.29, 0.717) is 31.6 Å². The number of alkyl carbamates (subject to hydrolysis) is 2. The van der Waals surface area contributed by atoms with Crippen LogP contribution < -0.4 is 15.5 Å². The molecule has 14 heteroatoms. The molecule has 0 unspecified atom stereocenters. The lowest BCUT2D eigenvalue weighted by molar-refractivity contribution is -0.135. The molecule has 0 aliphatic carbocycles. The number of H-pyrrole nitrogens is 2. The van der Waals surface area contributed by atoms with E-state index in [2.05, 4.69) is 98.4 Å². The summed E-state index contributed by atoms with van der Waals surface area (Å²) in [4.78, 5) is 72.0. The molecule has 0 radical (unpaired) electrons. The SMILES string of the molecule is COC(=O)N[C@H]1CCc2cccc3c2N(C1=O)[C@H](c1nc2ccc(-c4ccc(-c5ccc(-c6cnc([C@@H]7CCCN7C(=O)[C@@H](NC(=O)OC)C(C)C)[nH]6)cc5)cc4)cc2[nH]1)C3. The van der Waals surface area contributed by atoms with Crippen molar-refractivity contribution in [1.82, 2.24) is 35.5 Å². The van der Waals surface area contributed by atoms with Crippen LogP contribution in [0.15, 0.2) is 91.1 Å². The Hall–Kier alpha value is -6.96. The van der Waals surface area contributed by atoms with E-state index >= 15 is 0 Å². The number of carbonyl (C=O) groups excluding carboxylic acids is 4. The van der Waals surface area contributed by atoms with Crippen LogP contribution in [0.4, 0.5) is 15.3 Å². The molecular weight excluding hydrogens is 773 g/mol. The molecule has 4 aromatic carbocycles. The zero-order valence-electron chi connectivity index (χ0n) is 34.5. The molecule has 1 saturated heterocycles. The molecule has 9 rings (SSSR count). The molecule has 4 N–H and O–H groups in total. The topological polar surface area (TPSA) is 175 Å². The number of fused-ring (bicyclic) bond motifs is 1. The first-order valence-corrected chi connectivity index (χ1v) is 20.8. The maximum Gasteiger partial charge on any atom is 0.407 e. The first kappa shape index (κ1) is 39.5. The van der Waals surface area contributed by atoms with Crippen LogP contribution in [0.25, 0.3) is 44.5 Å². The van der Waals surface area contributed by atoms with Gasteiger partial charge in [-0.3, -0.25) is 14.5 Å². The van der Waals surface area contributed by atoms with E-state index in [1.165, 1.54) is 14.2 Å². The Labute approximate surface area is 353 Å². The second kappa shape index (κ2) is 16.2. The molecular formula is C47H48N8O6. The molecule has 5 heterocycles. The van der Waals surface area contributed by atoms with E-state index in [0.717, 1.165) is 80.0 Å². The van der Waals surface area contributed by atoms with E-state index in [1.807, 2.05) is 42.0 Å². The van der Waals surface area contributed by atoms with Gasteiger partial charge in [0, 0.05) is 13.0 Å². The molecule has 4 amide bonds. The molecule has 4 atom stereocenters. The fraction of sp³-hybridized carbons (Fsp3) is 0.319. The van der Waals surface area contributed by atoms with Crippen LogP contribution in [-0.2, 0) is 31.9 Å². The van der Waals surface area contributed by atoms with Gasteiger partial charge < -0.3 is 35.0 Å². The number of hydrogen-bond acceptors (Lipinski definition) is 8. The number of amides is 4. The molecule has 0 bridgehead atoms. The van der Waals surface area contributed by atoms with Crippen LogP contribution in [-0.4, -0.2) is 81.7 Å². The van der Waals surface area contributed by atoms with Crippen molar-refractivity contribution in [3.05, 3.63) is 114 Å². The molecule has 3 aliphatic heterocycles. The second-order valence-electron chi connectivity index (χ2n) is 16.3. The number of nitrogens with zero attached hydrogens (tertiary/aromatic N) is 4. The predicted octanol–water partition coefficient (Wildman–Crippen LogP) is 7.63. The normalized spacial score (nSPS) is 18.8. The number of aromatic nitrogens is 4. The summed E-state index contributed by atoms with van der Waals surface area (Å²) in [6.45, 7) is 4.40. The molecule has 1 fully saturated rings. The van der Waals surface area contributed by atoms with Gasteiger partial charge in [-0.2, -0.15) is 0 Å². The lowest BCUT2D eigenvalue weighted by Crippen LogP contribution is -2.51. The van der Waals surface area contributed by atoms with Crippen LogP contribution >= 0.6 is 0 Å². The Morgan fingerprint density at radius 1 is 0.787 bits per heavy atom. The number of hydrogen-bond donors (Lipinski definition) is 4. The monoisotopic (exact) mass is 820 g/mol. The number of nitrogens with one attached hydrogen (secondary N) is 4. The van der Waals surface area contributed by atoms with E-state index in [9.17, 15) is 19.2 Å². The molecule has 0 spiro atoms. The fourth-order valence-electron chi connectivity index (χ4n) is 9.09. The standard InChI is InChI=1S/C47H48N8O6/c1-26(2)40(53-47(59)61-4)45(57)54-22-6-9-38(54)42-48-25-37(51-42)30-16-14-28(15-17-30)27-10-12-29(13-11-27)32-19-20-34-36(23-32)50-43(49-34)39-24-33-8-5-7-31-18-21-35(52-46(58)60-3)44(56)55(39)41(31)33/h5,7-8,10-17,19-20,23,25-26,35,38-40H,6,9,18,21-22,24H2,1-4H3,(H,48,51)(H,49,50)(H,52,58)(H,53,59)/t35-,38-,39-,40-/m0/s1. The van der Waals surface area contributed by atoms with Crippen molar-refractivity contribution in [1.29, 1.82) is 0 Å². The number of methoxy groups -OCH3 is 2. The van der Waals surface area contributed by atoms with Gasteiger partial charge in [-0.25, -0.2) is 19.6 Å². The highest BCUT2D eigenvalue weighted by molar-refractivity contribution is 6.02. The van der Waals surface area contributed by atoms with Gasteiger partial charge in [0.15, 0.2) is 0 Å². The summed E-state index contributed by atoms with van der Waals surface area (Å²) in [5, 5.41) is 5.45. The first-order chi connectivity index (χ1) is 29.6. The maximum absolute atomic E-state index is 14.0. The summed E-state index contributed by atoms with van der Waals surface area (Å²) in [6.07, 6.45) is 3.96. The van der Waals surface area contributed by atoms with Gasteiger partial charge in [0.25, 0.3) is 0 Å². The number of imidazole rings is 2. The minimum Gasteiger partial charge on any atom is -0.453 e. The van der Waals surface area contributed by atoms with Crippen molar-refractivity contribution in [3.63, 3.8) is 0 Å². The summed E-state index contributed by atoms with van der Waals surface area (Å²) >= 11 is 0. The highest BCUT2D eigenvalue weighted by Crippen LogP contribution is 2.45. The molecule has 3 aliphatic rings. The molecule has 14 nitrogen and oxygen atoms in total. The van der Waals surface area contributed by atoms with Gasteiger partial charge in [-0.15, -0.1) is 0 Å². The van der Waals surface area contributed by atoms with Crippen LogP contribution in [0.1, 0.15) is 68.0 Å². The summed E-state index contributed by atoms with van der Waals surface area (Å²) in [5.41, 5.74) is 10.9. The Morgan fingerprint density at radius 2 is 1.46 bits per heavy atom. The Balaban J connectivity index is 0.892. The Kier molecular flexibility index (Phi) is 10.5. The number of para-hydroxylation sites is 1. The highest BCUT2D eigenvalue weighted by Gasteiger charge is 2.43. The van der Waals surface area contributed by atoms with Gasteiger partial charge in [-0.1, -0.05) is 86.6 Å². The lowest BCUT2D eigenvalue weighted by Gasteiger charge is -2.30. The second-order valence-corrected chi connectivity index (χ2v) is 16.3. The molecule has 0 saturated carbocycles. The molecule has 2 aromatic heterocycles. The molecule has 312 valence electrons. The quantitative estimate of drug-likeness (QED) is 0.115. The maximum atomic E-state index is 14.0. The van der Waals surface area contributed by atoms with Gasteiger partial charge >= 0.3 is 12.2 Å². The van der Waals surface area contributed by atoms with Crippen molar-refractivity contribution in [3.8, 4) is 33.5 Å². The number of carbonyl (C=O) groups is 4. The van der Waals surface area contributed by atoms with Crippen LogP contribution in [0.5, 0.6) is 0 Å². The first-order valence-electron chi connectivity index (χ1n) is 20.8. The number of likely N-dealkylation sites (tertiary alicyclic amines) is 1. The highest BCUT2D eigenvalue weighted by atomic mass is 16.5. The van der Waals surface area contributed by atoms with Gasteiger partial charge in [0.05, 0.1) is 54.9 Å². The third-order valence-corrected chi connectivity index (χ3v) is 12.3. The number of benzene rings is 4. The number of ether oxygens (including phenoxy) is 2. The van der Waals surface area contributed by atoms with Crippen molar-refractivity contribution >= 4 is 40.7 Å². The fourth-order valence-corrected chi connectivity index (χ4v) is 9.09. The number of aryl methyl sites for hydroxylation is 1. The van der Waals surface area contributed by atoms with E-state index in [4.69, 9.17) is 14.5 Å². The van der Waals surface area contributed by atoms with E-state index in [1.54, 1.807) is 0 Å². The van der Waals surface area contributed by atoms with Crippen molar-refractivity contribution in [2.24, 2.45) is 5.92 Å². The Bertz CT molecular complexity index is 2630. The largest absolute Gasteiger partial charge is 0.453 e. The van der Waals surface area contributed by atoms with E-state index in [-0.39, 0.29) is 29.8 Å². The van der Waals surface area contributed by atoms with Crippen LogP contribution in [0.3, 0.4) is 0 Å². The minimum absolute atomic E-state index is 0.106. The van der Waals surface area contributed by atoms with Crippen LogP contribution in [0.2, 0.25) is 0 Å². The van der Waals surface area contributed by atoms with Crippen molar-refractivity contribution in [2.45, 2.75) is 70.1 Å². The molecule has 6 aromatic rings. The third kappa shape index (κ3) is 7.47. The number of anilines is 1. The van der Waals surface area contributed by atoms with Gasteiger partial charge in [-0.05, 0) is 82.7 Å². The average Bonchev–Trinajstić information content (AvgIpc) is 4.10. The van der Waals surface area contributed by atoms with Crippen molar-refractivity contribution < 1.29 is 28.7 Å². The molecule has 61 heavy (non-hydrogen) atoms. The zero-order valence-corrected chi connectivity index (χ0v) is 34.5. The minimum atomic E-state index is -0.702. The van der Waals surface area contributed by atoms with Gasteiger partial charge in [0.1, 0.15) is 23.7 Å². The van der Waals surface area contributed by atoms with Gasteiger partial charge in [0.2, 0.25) is 11.8 Å². The Morgan fingerprint density at radius 3 is 2.16 bits per heavy atom. The van der Waals surface area contributed by atoms with E-state index < -0.39 is 24.3 Å². The third-order valence-electron chi connectivity index (χ3n) is 12.3. The summed E-state index contributed by atoms with van der Waals surface area (Å²) < 4.78 is 9.59. The smallest absolute Gasteiger partial charge is 0.407 e. The van der Waals surface area contributed by atoms with Crippen molar-refractivity contribution in [2.75, 3.05) is 25.7 Å². The zero-order chi connectivity index (χ0) is 42.4. The summed E-state index contributed by atoms with van der Waals surface area (Å²) in [7, 11) is 2.59. The average molecular weight is 821 g/mol.